The van der Waals surface area contributed by atoms with Gasteiger partial charge in [-0.05, 0) is 53.3 Å². The number of ketones is 1. The Morgan fingerprint density at radius 2 is 1.70 bits per heavy atom. The van der Waals surface area contributed by atoms with Crippen LogP contribution in [0.3, 0.4) is 0 Å². The first-order valence-corrected chi connectivity index (χ1v) is 13.4. The number of hydrogen-bond donors (Lipinski definition) is 1. The molecule has 0 aromatic heterocycles. The molecular weight excluding hydrogens is 506 g/mol. The summed E-state index contributed by atoms with van der Waals surface area (Å²) in [6.45, 7) is 7.24. The van der Waals surface area contributed by atoms with Crippen LogP contribution in [0.25, 0.3) is 5.76 Å². The standard InChI is InChI=1S/C33H37NO6/c1-33(2,3)26-20-24(15-16-27(26)39-5)30(35)28-29(34(17-10-18-38-4)32(37)31(28)36)23-13-9-14-25(19-23)40-21-22-11-7-6-8-12-22/h6-9,11-16,19-20,29,35H,10,17-18,21H2,1-5H3/b30-28+. The van der Waals surface area contributed by atoms with Crippen molar-refractivity contribution in [2.24, 2.45) is 0 Å². The topological polar surface area (TPSA) is 85.3 Å². The van der Waals surface area contributed by atoms with Crippen molar-refractivity contribution in [1.82, 2.24) is 4.90 Å². The second-order valence-corrected chi connectivity index (χ2v) is 10.9. The number of aliphatic hydroxyl groups excluding tert-OH is 1. The van der Waals surface area contributed by atoms with Crippen LogP contribution in [0.5, 0.6) is 11.5 Å². The number of hydrogen-bond acceptors (Lipinski definition) is 6. The number of rotatable bonds is 10. The number of Topliss-reactive ketones (excluding diaryl/α,β-unsaturated/α-hetero) is 1. The van der Waals surface area contributed by atoms with E-state index in [-0.39, 0.29) is 16.7 Å². The van der Waals surface area contributed by atoms with Gasteiger partial charge in [0.2, 0.25) is 0 Å². The number of carbonyl (C=O) groups is 2. The summed E-state index contributed by atoms with van der Waals surface area (Å²) in [6.07, 6.45) is 0.543. The minimum Gasteiger partial charge on any atom is -0.507 e. The molecule has 7 nitrogen and oxygen atoms in total. The molecular formula is C33H37NO6. The van der Waals surface area contributed by atoms with Gasteiger partial charge >= 0.3 is 0 Å². The Labute approximate surface area is 236 Å². The molecule has 1 N–H and O–H groups in total. The Bertz CT molecular complexity index is 1390. The molecule has 0 radical (unpaired) electrons. The molecule has 40 heavy (non-hydrogen) atoms. The first-order chi connectivity index (χ1) is 19.2. The van der Waals surface area contributed by atoms with Gasteiger partial charge in [0.15, 0.2) is 0 Å². The third kappa shape index (κ3) is 6.20. The number of methoxy groups -OCH3 is 2. The van der Waals surface area contributed by atoms with Gasteiger partial charge in [-0.1, -0.05) is 63.2 Å². The van der Waals surface area contributed by atoms with Gasteiger partial charge in [-0.2, -0.15) is 0 Å². The summed E-state index contributed by atoms with van der Waals surface area (Å²) >= 11 is 0. The van der Waals surface area contributed by atoms with Crippen LogP contribution >= 0.6 is 0 Å². The van der Waals surface area contributed by atoms with Gasteiger partial charge in [-0.15, -0.1) is 0 Å². The summed E-state index contributed by atoms with van der Waals surface area (Å²) < 4.78 is 16.8. The summed E-state index contributed by atoms with van der Waals surface area (Å²) in [6, 6.07) is 21.7. The van der Waals surface area contributed by atoms with Crippen LogP contribution in [0.4, 0.5) is 0 Å². The maximum atomic E-state index is 13.5. The quantitative estimate of drug-likeness (QED) is 0.145. The molecule has 7 heteroatoms. The summed E-state index contributed by atoms with van der Waals surface area (Å²) in [4.78, 5) is 28.3. The molecule has 1 aliphatic rings. The summed E-state index contributed by atoms with van der Waals surface area (Å²) in [7, 11) is 3.19. The molecule has 1 unspecified atom stereocenters. The van der Waals surface area contributed by atoms with E-state index in [4.69, 9.17) is 14.2 Å². The predicted octanol–water partition coefficient (Wildman–Crippen LogP) is 6.03. The summed E-state index contributed by atoms with van der Waals surface area (Å²) in [5.41, 5.74) is 2.79. The monoisotopic (exact) mass is 543 g/mol. The average molecular weight is 544 g/mol. The number of nitrogens with zero attached hydrogens (tertiary/aromatic N) is 1. The zero-order valence-electron chi connectivity index (χ0n) is 23.8. The zero-order valence-corrected chi connectivity index (χ0v) is 23.8. The molecule has 0 spiro atoms. The molecule has 1 amide bonds. The van der Waals surface area contributed by atoms with E-state index < -0.39 is 17.7 Å². The lowest BCUT2D eigenvalue weighted by Crippen LogP contribution is -2.31. The Morgan fingerprint density at radius 1 is 0.950 bits per heavy atom. The van der Waals surface area contributed by atoms with Crippen LogP contribution in [0, 0.1) is 0 Å². The highest BCUT2D eigenvalue weighted by Gasteiger charge is 2.46. The molecule has 210 valence electrons. The third-order valence-corrected chi connectivity index (χ3v) is 6.99. The van der Waals surface area contributed by atoms with Gasteiger partial charge in [0.25, 0.3) is 11.7 Å². The number of benzene rings is 3. The van der Waals surface area contributed by atoms with Crippen molar-refractivity contribution in [3.8, 4) is 11.5 Å². The van der Waals surface area contributed by atoms with Crippen LogP contribution in [0.15, 0.2) is 78.4 Å². The minimum atomic E-state index is -0.780. The van der Waals surface area contributed by atoms with E-state index in [9.17, 15) is 14.7 Å². The van der Waals surface area contributed by atoms with Crippen molar-refractivity contribution in [2.75, 3.05) is 27.4 Å². The van der Waals surface area contributed by atoms with Crippen LogP contribution in [-0.4, -0.2) is 49.1 Å². The first kappa shape index (κ1) is 28.9. The largest absolute Gasteiger partial charge is 0.507 e. The molecule has 3 aromatic rings. The molecule has 0 aliphatic carbocycles. The van der Waals surface area contributed by atoms with E-state index in [2.05, 4.69) is 0 Å². The number of carbonyl (C=O) groups excluding carboxylic acids is 2. The maximum absolute atomic E-state index is 13.5. The molecule has 1 saturated heterocycles. The number of likely N-dealkylation sites (tertiary alicyclic amines) is 1. The molecule has 0 bridgehead atoms. The molecule has 0 saturated carbocycles. The second kappa shape index (κ2) is 12.4. The highest BCUT2D eigenvalue weighted by molar-refractivity contribution is 6.46. The van der Waals surface area contributed by atoms with Crippen molar-refractivity contribution in [3.05, 3.63) is 101 Å². The second-order valence-electron chi connectivity index (χ2n) is 10.9. The maximum Gasteiger partial charge on any atom is 0.295 e. The van der Waals surface area contributed by atoms with Crippen LogP contribution in [-0.2, 0) is 26.3 Å². The fourth-order valence-electron chi connectivity index (χ4n) is 4.95. The molecule has 1 aliphatic heterocycles. The Morgan fingerprint density at radius 3 is 2.38 bits per heavy atom. The van der Waals surface area contributed by atoms with Gasteiger partial charge in [0.05, 0.1) is 18.7 Å². The average Bonchev–Trinajstić information content (AvgIpc) is 3.21. The first-order valence-electron chi connectivity index (χ1n) is 13.4. The van der Waals surface area contributed by atoms with E-state index in [0.717, 1.165) is 11.1 Å². The van der Waals surface area contributed by atoms with E-state index in [1.54, 1.807) is 26.4 Å². The van der Waals surface area contributed by atoms with Gasteiger partial charge < -0.3 is 24.2 Å². The third-order valence-electron chi connectivity index (χ3n) is 6.99. The molecule has 3 aromatic carbocycles. The van der Waals surface area contributed by atoms with Crippen molar-refractivity contribution in [3.63, 3.8) is 0 Å². The molecule has 1 heterocycles. The van der Waals surface area contributed by atoms with Gasteiger partial charge in [-0.25, -0.2) is 0 Å². The molecule has 1 atom stereocenters. The van der Waals surface area contributed by atoms with Gasteiger partial charge in [0, 0.05) is 31.4 Å². The molecule has 1 fully saturated rings. The fraction of sp³-hybridized carbons (Fsp3) is 0.333. The van der Waals surface area contributed by atoms with E-state index in [0.29, 0.717) is 48.8 Å². The summed E-state index contributed by atoms with van der Waals surface area (Å²) in [5, 5.41) is 11.6. The van der Waals surface area contributed by atoms with Crippen molar-refractivity contribution >= 4 is 17.4 Å². The number of amides is 1. The Balaban J connectivity index is 1.78. The lowest BCUT2D eigenvalue weighted by atomic mass is 9.84. The van der Waals surface area contributed by atoms with Crippen LogP contribution in [0.2, 0.25) is 0 Å². The van der Waals surface area contributed by atoms with Gasteiger partial charge in [-0.3, -0.25) is 9.59 Å². The minimum absolute atomic E-state index is 0.0488. The van der Waals surface area contributed by atoms with Crippen molar-refractivity contribution < 1.29 is 28.9 Å². The normalized spacial score (nSPS) is 16.8. The number of ether oxygens (including phenoxy) is 3. The zero-order chi connectivity index (χ0) is 28.9. The number of aliphatic hydroxyl groups is 1. The van der Waals surface area contributed by atoms with E-state index >= 15 is 0 Å². The highest BCUT2D eigenvalue weighted by Crippen LogP contribution is 2.41. The van der Waals surface area contributed by atoms with Crippen molar-refractivity contribution in [1.29, 1.82) is 0 Å². The lowest BCUT2D eigenvalue weighted by Gasteiger charge is -2.26. The van der Waals surface area contributed by atoms with Crippen molar-refractivity contribution in [2.45, 2.75) is 45.3 Å². The van der Waals surface area contributed by atoms with E-state index in [1.807, 2.05) is 81.4 Å². The van der Waals surface area contributed by atoms with E-state index in [1.165, 1.54) is 4.90 Å². The smallest absolute Gasteiger partial charge is 0.295 e. The Kier molecular flexibility index (Phi) is 8.95. The highest BCUT2D eigenvalue weighted by atomic mass is 16.5. The molecule has 4 rings (SSSR count). The van der Waals surface area contributed by atoms with Crippen LogP contribution in [0.1, 0.15) is 55.5 Å². The summed E-state index contributed by atoms with van der Waals surface area (Å²) in [5.74, 6) is -0.306. The fourth-order valence-corrected chi connectivity index (χ4v) is 4.95. The van der Waals surface area contributed by atoms with Crippen LogP contribution < -0.4 is 9.47 Å². The lowest BCUT2D eigenvalue weighted by molar-refractivity contribution is -0.140. The Hall–Kier alpha value is -4.10. The SMILES string of the molecule is COCCCN1C(=O)C(=O)/C(=C(/O)c2ccc(OC)c(C(C)(C)C)c2)C1c1cccc(OCc2ccccc2)c1. The van der Waals surface area contributed by atoms with Gasteiger partial charge in [0.1, 0.15) is 23.9 Å². The predicted molar refractivity (Wildman–Crippen MR) is 154 cm³/mol.